The summed E-state index contributed by atoms with van der Waals surface area (Å²) in [6.45, 7) is 8.56. The van der Waals surface area contributed by atoms with E-state index in [0.29, 0.717) is 17.5 Å². The van der Waals surface area contributed by atoms with Crippen molar-refractivity contribution < 1.29 is 0 Å². The summed E-state index contributed by atoms with van der Waals surface area (Å²) in [6, 6.07) is 1.99. The summed E-state index contributed by atoms with van der Waals surface area (Å²) in [5.74, 6) is 1.86. The summed E-state index contributed by atoms with van der Waals surface area (Å²) in [5, 5.41) is 0. The van der Waals surface area contributed by atoms with E-state index in [4.69, 9.17) is 5.73 Å². The molecule has 2 bridgehead atoms. The van der Waals surface area contributed by atoms with Crippen LogP contribution in [0.4, 0.5) is 0 Å². The van der Waals surface area contributed by atoms with E-state index in [9.17, 15) is 0 Å². The molecule has 3 aliphatic rings. The van der Waals surface area contributed by atoms with Crippen molar-refractivity contribution in [1.29, 1.82) is 0 Å². The van der Waals surface area contributed by atoms with Gasteiger partial charge in [0.25, 0.3) is 0 Å². The summed E-state index contributed by atoms with van der Waals surface area (Å²) in [5.41, 5.74) is 6.91. The minimum absolute atomic E-state index is 0.433. The average molecular weight is 250 g/mol. The number of likely N-dealkylation sites (tertiary alicyclic amines) is 1. The summed E-state index contributed by atoms with van der Waals surface area (Å²) in [4.78, 5) is 2.80. The van der Waals surface area contributed by atoms with Crippen LogP contribution in [-0.4, -0.2) is 29.6 Å². The molecule has 1 heterocycles. The number of nitrogens with zero attached hydrogens (tertiary/aromatic N) is 1. The molecule has 1 saturated heterocycles. The molecule has 3 fully saturated rings. The summed E-state index contributed by atoms with van der Waals surface area (Å²) in [7, 11) is 0. The standard InChI is InChI=1S/C16H30N2/c1-16(2,3)12-5-7-14(17)15(9-12)18-10-11-4-6-13(18)8-11/h11-15H,4-10,17H2,1-3H3. The van der Waals surface area contributed by atoms with E-state index in [1.54, 1.807) is 0 Å². The molecule has 2 N–H and O–H groups in total. The molecular weight excluding hydrogens is 220 g/mol. The minimum Gasteiger partial charge on any atom is -0.326 e. The first-order chi connectivity index (χ1) is 8.45. The molecule has 0 radical (unpaired) electrons. The molecule has 18 heavy (non-hydrogen) atoms. The van der Waals surface area contributed by atoms with Crippen LogP contribution in [0.1, 0.15) is 59.3 Å². The molecule has 104 valence electrons. The van der Waals surface area contributed by atoms with E-state index < -0.39 is 0 Å². The van der Waals surface area contributed by atoms with Gasteiger partial charge in [-0.15, -0.1) is 0 Å². The molecule has 0 aromatic rings. The second-order valence-electron chi connectivity index (χ2n) is 8.14. The Hall–Kier alpha value is -0.0800. The van der Waals surface area contributed by atoms with Crippen molar-refractivity contribution in [3.8, 4) is 0 Å². The Morgan fingerprint density at radius 3 is 2.33 bits per heavy atom. The lowest BCUT2D eigenvalue weighted by atomic mass is 9.69. The highest BCUT2D eigenvalue weighted by Gasteiger charge is 2.45. The first kappa shape index (κ1) is 12.9. The highest BCUT2D eigenvalue weighted by atomic mass is 15.2. The first-order valence-electron chi connectivity index (χ1n) is 7.96. The quantitative estimate of drug-likeness (QED) is 0.775. The zero-order valence-electron chi connectivity index (χ0n) is 12.4. The molecule has 2 aliphatic carbocycles. The van der Waals surface area contributed by atoms with Crippen LogP contribution in [0.3, 0.4) is 0 Å². The molecule has 2 nitrogen and oxygen atoms in total. The van der Waals surface area contributed by atoms with Gasteiger partial charge in [-0.05, 0) is 55.8 Å². The molecule has 5 unspecified atom stereocenters. The van der Waals surface area contributed by atoms with Crippen molar-refractivity contribution in [3.05, 3.63) is 0 Å². The molecule has 3 rings (SSSR count). The second kappa shape index (κ2) is 4.49. The lowest BCUT2D eigenvalue weighted by Crippen LogP contribution is -2.54. The Bertz CT molecular complexity index is 307. The maximum Gasteiger partial charge on any atom is 0.0253 e. The first-order valence-corrected chi connectivity index (χ1v) is 7.96. The van der Waals surface area contributed by atoms with E-state index in [-0.39, 0.29) is 0 Å². The second-order valence-corrected chi connectivity index (χ2v) is 8.14. The zero-order chi connectivity index (χ0) is 12.9. The van der Waals surface area contributed by atoms with Crippen molar-refractivity contribution in [2.24, 2.45) is 23.0 Å². The predicted molar refractivity (Wildman–Crippen MR) is 76.4 cm³/mol. The molecule has 5 atom stereocenters. The van der Waals surface area contributed by atoms with Gasteiger partial charge < -0.3 is 5.73 Å². The normalized spacial score (nSPS) is 45.7. The Morgan fingerprint density at radius 2 is 1.78 bits per heavy atom. The smallest absolute Gasteiger partial charge is 0.0253 e. The summed E-state index contributed by atoms with van der Waals surface area (Å²) >= 11 is 0. The zero-order valence-corrected chi connectivity index (χ0v) is 12.4. The van der Waals surface area contributed by atoms with Gasteiger partial charge in [0.05, 0.1) is 0 Å². The maximum atomic E-state index is 6.45. The third kappa shape index (κ3) is 2.22. The highest BCUT2D eigenvalue weighted by Crippen LogP contribution is 2.44. The van der Waals surface area contributed by atoms with Crippen molar-refractivity contribution in [2.75, 3.05) is 6.54 Å². The van der Waals surface area contributed by atoms with E-state index in [2.05, 4.69) is 25.7 Å². The van der Waals surface area contributed by atoms with Crippen LogP contribution in [0.15, 0.2) is 0 Å². The SMILES string of the molecule is CC(C)(C)C1CCC(N)C(N2CC3CCC2C3)C1. The fraction of sp³-hybridized carbons (Fsp3) is 1.00. The van der Waals surface area contributed by atoms with Gasteiger partial charge in [0, 0.05) is 24.7 Å². The largest absolute Gasteiger partial charge is 0.326 e. The van der Waals surface area contributed by atoms with Gasteiger partial charge in [-0.3, -0.25) is 4.90 Å². The Morgan fingerprint density at radius 1 is 1.00 bits per heavy atom. The minimum atomic E-state index is 0.433. The number of fused-ring (bicyclic) bond motifs is 2. The van der Waals surface area contributed by atoms with E-state index in [0.717, 1.165) is 17.9 Å². The van der Waals surface area contributed by atoms with Crippen LogP contribution in [0.5, 0.6) is 0 Å². The van der Waals surface area contributed by atoms with Gasteiger partial charge in [0.15, 0.2) is 0 Å². The molecule has 1 aliphatic heterocycles. The van der Waals surface area contributed by atoms with Crippen molar-refractivity contribution in [3.63, 3.8) is 0 Å². The third-order valence-corrected chi connectivity index (χ3v) is 5.97. The van der Waals surface area contributed by atoms with Crippen molar-refractivity contribution in [1.82, 2.24) is 4.90 Å². The van der Waals surface area contributed by atoms with Gasteiger partial charge in [0.1, 0.15) is 0 Å². The number of nitrogens with two attached hydrogens (primary N) is 1. The van der Waals surface area contributed by atoms with Crippen LogP contribution in [0.25, 0.3) is 0 Å². The monoisotopic (exact) mass is 250 g/mol. The van der Waals surface area contributed by atoms with Crippen LogP contribution in [-0.2, 0) is 0 Å². The van der Waals surface area contributed by atoms with E-state index >= 15 is 0 Å². The predicted octanol–water partition coefficient (Wildman–Crippen LogP) is 3.01. The molecule has 2 heteroatoms. The number of hydrogen-bond acceptors (Lipinski definition) is 2. The number of hydrogen-bond donors (Lipinski definition) is 1. The number of rotatable bonds is 1. The lowest BCUT2D eigenvalue weighted by Gasteiger charge is -2.46. The fourth-order valence-electron chi connectivity index (χ4n) is 4.71. The molecule has 0 amide bonds. The van der Waals surface area contributed by atoms with Gasteiger partial charge in [-0.2, -0.15) is 0 Å². The van der Waals surface area contributed by atoms with Crippen molar-refractivity contribution in [2.45, 2.75) is 77.4 Å². The third-order valence-electron chi connectivity index (χ3n) is 5.97. The Balaban J connectivity index is 1.70. The van der Waals surface area contributed by atoms with Crippen molar-refractivity contribution >= 4 is 0 Å². The molecule has 2 saturated carbocycles. The fourth-order valence-corrected chi connectivity index (χ4v) is 4.71. The molecule has 0 aromatic heterocycles. The Kier molecular flexibility index (Phi) is 3.22. The molecule has 0 aromatic carbocycles. The van der Waals surface area contributed by atoms with Gasteiger partial charge in [0.2, 0.25) is 0 Å². The highest BCUT2D eigenvalue weighted by molar-refractivity contribution is 5.00. The van der Waals surface area contributed by atoms with Crippen LogP contribution >= 0.6 is 0 Å². The van der Waals surface area contributed by atoms with Gasteiger partial charge >= 0.3 is 0 Å². The van der Waals surface area contributed by atoms with E-state index in [1.807, 2.05) is 0 Å². The van der Waals surface area contributed by atoms with Gasteiger partial charge in [-0.25, -0.2) is 0 Å². The number of piperidine rings is 1. The van der Waals surface area contributed by atoms with Crippen LogP contribution in [0, 0.1) is 17.3 Å². The average Bonchev–Trinajstić information content (AvgIpc) is 2.89. The molecular formula is C16H30N2. The lowest BCUT2D eigenvalue weighted by molar-refractivity contribution is 0.0507. The van der Waals surface area contributed by atoms with E-state index in [1.165, 1.54) is 45.1 Å². The Labute approximate surface area is 112 Å². The topological polar surface area (TPSA) is 29.3 Å². The van der Waals surface area contributed by atoms with Gasteiger partial charge in [-0.1, -0.05) is 20.8 Å². The van der Waals surface area contributed by atoms with Crippen LogP contribution in [0.2, 0.25) is 0 Å². The molecule has 0 spiro atoms. The summed E-state index contributed by atoms with van der Waals surface area (Å²) < 4.78 is 0. The summed E-state index contributed by atoms with van der Waals surface area (Å²) in [6.07, 6.45) is 8.29. The maximum absolute atomic E-state index is 6.45. The van der Waals surface area contributed by atoms with Crippen LogP contribution < -0.4 is 5.73 Å².